The van der Waals surface area contributed by atoms with Crippen LogP contribution in [0.25, 0.3) is 0 Å². The zero-order chi connectivity index (χ0) is 12.5. The Morgan fingerprint density at radius 2 is 2.06 bits per heavy atom. The predicted molar refractivity (Wildman–Crippen MR) is 65.2 cm³/mol. The minimum absolute atomic E-state index is 0.0716. The van der Waals surface area contributed by atoms with E-state index in [9.17, 15) is 4.79 Å². The lowest BCUT2D eigenvalue weighted by Gasteiger charge is -2.05. The normalized spacial score (nSPS) is 11.2. The van der Waals surface area contributed by atoms with Crippen molar-refractivity contribution < 1.29 is 14.7 Å². The first-order valence-corrected chi connectivity index (χ1v) is 5.70. The van der Waals surface area contributed by atoms with E-state index in [1.54, 1.807) is 0 Å². The minimum Gasteiger partial charge on any atom is -0.461 e. The smallest absolute Gasteiger partial charge is 0.356 e. The number of hydrogen-bond acceptors (Lipinski definition) is 4. The molecule has 0 fully saturated rings. The van der Waals surface area contributed by atoms with Gasteiger partial charge in [0.15, 0.2) is 5.71 Å². The molecule has 1 N–H and O–H groups in total. The molecule has 0 saturated carbocycles. The Kier molecular flexibility index (Phi) is 5.79. The standard InChI is InChI=1S/C13H17NO3/c1-2-10-17-13(15)12(14-16)9-8-11-6-4-3-5-7-11/h3-7,16H,2,8-10H2,1H3. The van der Waals surface area contributed by atoms with Gasteiger partial charge in [0.1, 0.15) is 0 Å². The topological polar surface area (TPSA) is 58.9 Å². The zero-order valence-corrected chi connectivity index (χ0v) is 9.93. The molecule has 0 saturated heterocycles. The van der Waals surface area contributed by atoms with Crippen molar-refractivity contribution in [3.05, 3.63) is 35.9 Å². The lowest BCUT2D eigenvalue weighted by atomic mass is 10.1. The number of rotatable bonds is 6. The molecule has 0 atom stereocenters. The number of esters is 1. The molecule has 92 valence electrons. The van der Waals surface area contributed by atoms with Gasteiger partial charge in [-0.3, -0.25) is 0 Å². The van der Waals surface area contributed by atoms with Gasteiger partial charge in [-0.1, -0.05) is 42.4 Å². The summed E-state index contributed by atoms with van der Waals surface area (Å²) in [6.45, 7) is 2.26. The molecule has 17 heavy (non-hydrogen) atoms. The lowest BCUT2D eigenvalue weighted by molar-refractivity contribution is -0.135. The molecule has 0 spiro atoms. The Balaban J connectivity index is 2.46. The van der Waals surface area contributed by atoms with Gasteiger partial charge in [0.25, 0.3) is 0 Å². The summed E-state index contributed by atoms with van der Waals surface area (Å²) in [4.78, 5) is 11.4. The summed E-state index contributed by atoms with van der Waals surface area (Å²) in [5.41, 5.74) is 1.17. The van der Waals surface area contributed by atoms with Crippen molar-refractivity contribution in [2.45, 2.75) is 26.2 Å². The number of hydrogen-bond donors (Lipinski definition) is 1. The molecule has 0 aliphatic rings. The fourth-order valence-corrected chi connectivity index (χ4v) is 1.38. The van der Waals surface area contributed by atoms with Crippen LogP contribution in [-0.2, 0) is 16.0 Å². The maximum Gasteiger partial charge on any atom is 0.356 e. The third-order valence-electron chi connectivity index (χ3n) is 2.29. The highest BCUT2D eigenvalue weighted by Crippen LogP contribution is 2.04. The minimum atomic E-state index is -0.537. The summed E-state index contributed by atoms with van der Waals surface area (Å²) in [5, 5.41) is 11.8. The highest BCUT2D eigenvalue weighted by molar-refractivity contribution is 6.36. The average molecular weight is 235 g/mol. The molecule has 0 unspecified atom stereocenters. The predicted octanol–water partition coefficient (Wildman–Crippen LogP) is 2.40. The van der Waals surface area contributed by atoms with Gasteiger partial charge in [-0.2, -0.15) is 0 Å². The molecule has 0 aromatic heterocycles. The monoisotopic (exact) mass is 235 g/mol. The van der Waals surface area contributed by atoms with Crippen molar-refractivity contribution in [3.63, 3.8) is 0 Å². The zero-order valence-electron chi connectivity index (χ0n) is 9.93. The van der Waals surface area contributed by atoms with Crippen molar-refractivity contribution in [2.75, 3.05) is 6.61 Å². The molecule has 0 bridgehead atoms. The van der Waals surface area contributed by atoms with Gasteiger partial charge in [-0.15, -0.1) is 0 Å². The van der Waals surface area contributed by atoms with Gasteiger partial charge >= 0.3 is 5.97 Å². The van der Waals surface area contributed by atoms with E-state index in [0.29, 0.717) is 19.4 Å². The first kappa shape index (κ1) is 13.2. The number of benzene rings is 1. The number of aryl methyl sites for hydroxylation is 1. The van der Waals surface area contributed by atoms with Crippen LogP contribution in [0.1, 0.15) is 25.3 Å². The van der Waals surface area contributed by atoms with Gasteiger partial charge in [0.2, 0.25) is 0 Å². The van der Waals surface area contributed by atoms with Gasteiger partial charge in [-0.25, -0.2) is 4.79 Å². The summed E-state index contributed by atoms with van der Waals surface area (Å²) in [7, 11) is 0. The van der Waals surface area contributed by atoms with Crippen molar-refractivity contribution >= 4 is 11.7 Å². The van der Waals surface area contributed by atoms with E-state index < -0.39 is 5.97 Å². The summed E-state index contributed by atoms with van der Waals surface area (Å²) in [6, 6.07) is 9.72. The fourth-order valence-electron chi connectivity index (χ4n) is 1.38. The van der Waals surface area contributed by atoms with Gasteiger partial charge in [-0.05, 0) is 18.4 Å². The van der Waals surface area contributed by atoms with E-state index in [1.807, 2.05) is 37.3 Å². The van der Waals surface area contributed by atoms with E-state index in [0.717, 1.165) is 12.0 Å². The van der Waals surface area contributed by atoms with Crippen molar-refractivity contribution in [2.24, 2.45) is 5.16 Å². The number of nitrogens with zero attached hydrogens (tertiary/aromatic N) is 1. The Labute approximate surface area is 101 Å². The van der Waals surface area contributed by atoms with Crippen LogP contribution in [0.3, 0.4) is 0 Å². The van der Waals surface area contributed by atoms with Crippen LogP contribution in [0.5, 0.6) is 0 Å². The molecule has 1 aromatic rings. The van der Waals surface area contributed by atoms with Gasteiger partial charge < -0.3 is 9.94 Å². The van der Waals surface area contributed by atoms with E-state index in [4.69, 9.17) is 9.94 Å². The third kappa shape index (κ3) is 4.68. The maximum atomic E-state index is 11.4. The molecule has 1 rings (SSSR count). The molecule has 0 aliphatic carbocycles. The number of ether oxygens (including phenoxy) is 1. The van der Waals surface area contributed by atoms with Crippen LogP contribution in [0, 0.1) is 0 Å². The molecular formula is C13H17NO3. The molecule has 0 heterocycles. The van der Waals surface area contributed by atoms with Gasteiger partial charge in [0.05, 0.1) is 6.61 Å². The Hall–Kier alpha value is -1.84. The van der Waals surface area contributed by atoms with E-state index in [1.165, 1.54) is 0 Å². The molecule has 4 nitrogen and oxygen atoms in total. The number of carbonyl (C=O) groups is 1. The molecule has 4 heteroatoms. The summed E-state index contributed by atoms with van der Waals surface area (Å²) in [5.74, 6) is -0.537. The van der Waals surface area contributed by atoms with Crippen LogP contribution in [0.15, 0.2) is 35.5 Å². The van der Waals surface area contributed by atoms with Crippen LogP contribution >= 0.6 is 0 Å². The van der Waals surface area contributed by atoms with E-state index >= 15 is 0 Å². The lowest BCUT2D eigenvalue weighted by Crippen LogP contribution is -2.18. The Morgan fingerprint density at radius 3 is 2.65 bits per heavy atom. The molecule has 0 aliphatic heterocycles. The van der Waals surface area contributed by atoms with Crippen molar-refractivity contribution in [1.82, 2.24) is 0 Å². The Bertz CT molecular complexity index is 374. The van der Waals surface area contributed by atoms with E-state index in [-0.39, 0.29) is 5.71 Å². The second kappa shape index (κ2) is 7.44. The average Bonchev–Trinajstić information content (AvgIpc) is 2.38. The summed E-state index contributed by atoms with van der Waals surface area (Å²) >= 11 is 0. The van der Waals surface area contributed by atoms with Crippen LogP contribution in [0.2, 0.25) is 0 Å². The molecule has 0 amide bonds. The highest BCUT2D eigenvalue weighted by atomic mass is 16.5. The largest absolute Gasteiger partial charge is 0.461 e. The SMILES string of the molecule is CCCOC(=O)C(CCc1ccccc1)=NO. The first-order chi connectivity index (χ1) is 8.27. The fraction of sp³-hybridized carbons (Fsp3) is 0.385. The summed E-state index contributed by atoms with van der Waals surface area (Å²) in [6.07, 6.45) is 1.79. The molecule has 0 radical (unpaired) electrons. The molecule has 1 aromatic carbocycles. The summed E-state index contributed by atoms with van der Waals surface area (Å²) < 4.78 is 4.90. The second-order valence-corrected chi connectivity index (χ2v) is 3.67. The third-order valence-corrected chi connectivity index (χ3v) is 2.29. The van der Waals surface area contributed by atoms with Crippen LogP contribution in [0.4, 0.5) is 0 Å². The van der Waals surface area contributed by atoms with Crippen LogP contribution in [-0.4, -0.2) is 23.5 Å². The number of carbonyl (C=O) groups excluding carboxylic acids is 1. The van der Waals surface area contributed by atoms with Gasteiger partial charge in [0, 0.05) is 6.42 Å². The van der Waals surface area contributed by atoms with Crippen molar-refractivity contribution in [1.29, 1.82) is 0 Å². The molecular weight excluding hydrogens is 218 g/mol. The maximum absolute atomic E-state index is 11.4. The van der Waals surface area contributed by atoms with E-state index in [2.05, 4.69) is 5.16 Å². The quantitative estimate of drug-likeness (QED) is 0.356. The Morgan fingerprint density at radius 1 is 1.35 bits per heavy atom. The van der Waals surface area contributed by atoms with Crippen LogP contribution < -0.4 is 0 Å². The first-order valence-electron chi connectivity index (χ1n) is 5.70. The highest BCUT2D eigenvalue weighted by Gasteiger charge is 2.13. The number of oxime groups is 1. The van der Waals surface area contributed by atoms with Crippen molar-refractivity contribution in [3.8, 4) is 0 Å². The second-order valence-electron chi connectivity index (χ2n) is 3.67.